The lowest BCUT2D eigenvalue weighted by Crippen LogP contribution is -2.44. The van der Waals surface area contributed by atoms with E-state index in [9.17, 15) is 4.79 Å². The summed E-state index contributed by atoms with van der Waals surface area (Å²) in [6, 6.07) is 18.3. The summed E-state index contributed by atoms with van der Waals surface area (Å²) in [5.74, 6) is -0.647. The minimum Gasteiger partial charge on any atom is -0.468 e. The standard InChI is InChI=1S/C23H29NO2Si/c1-23(2,3)27(5,6)24-16-19(18-14-10-11-15-20(18)24)21(22(25)26-4)17-12-8-7-9-13-17/h7-16,21H,1-6H3. The van der Waals surface area contributed by atoms with E-state index in [-0.39, 0.29) is 11.0 Å². The predicted molar refractivity (Wildman–Crippen MR) is 115 cm³/mol. The second-order valence-electron chi connectivity index (χ2n) is 8.65. The molecular weight excluding hydrogens is 350 g/mol. The molecule has 1 aromatic heterocycles. The van der Waals surface area contributed by atoms with Gasteiger partial charge in [0.05, 0.1) is 7.11 Å². The summed E-state index contributed by atoms with van der Waals surface area (Å²) in [6.45, 7) is 11.7. The van der Waals surface area contributed by atoms with Crippen LogP contribution in [0.2, 0.25) is 18.1 Å². The van der Waals surface area contributed by atoms with Crippen LogP contribution in [0.5, 0.6) is 0 Å². The SMILES string of the molecule is COC(=O)C(c1ccccc1)c1cn([Si](C)(C)C(C)(C)C)c2ccccc12. The van der Waals surface area contributed by atoms with Crippen LogP contribution in [0, 0.1) is 0 Å². The topological polar surface area (TPSA) is 31.2 Å². The highest BCUT2D eigenvalue weighted by atomic mass is 28.3. The molecule has 1 atom stereocenters. The third kappa shape index (κ3) is 3.34. The molecule has 0 aliphatic heterocycles. The summed E-state index contributed by atoms with van der Waals surface area (Å²) in [6.07, 6.45) is 2.21. The molecule has 0 amide bonds. The van der Waals surface area contributed by atoms with Gasteiger partial charge in [-0.3, -0.25) is 4.79 Å². The largest absolute Gasteiger partial charge is 0.468 e. The lowest BCUT2D eigenvalue weighted by molar-refractivity contribution is -0.141. The summed E-state index contributed by atoms with van der Waals surface area (Å²) in [5.41, 5.74) is 3.18. The van der Waals surface area contributed by atoms with Gasteiger partial charge in [-0.2, -0.15) is 0 Å². The molecule has 142 valence electrons. The molecule has 3 rings (SSSR count). The van der Waals surface area contributed by atoms with Gasteiger partial charge in [-0.05, 0) is 22.2 Å². The number of methoxy groups -OCH3 is 1. The van der Waals surface area contributed by atoms with E-state index in [2.05, 4.69) is 62.5 Å². The van der Waals surface area contributed by atoms with Crippen LogP contribution in [0.15, 0.2) is 60.8 Å². The number of ether oxygens (including phenoxy) is 1. The number of rotatable bonds is 4. The lowest BCUT2D eigenvalue weighted by atomic mass is 9.91. The number of fused-ring (bicyclic) bond motifs is 1. The van der Waals surface area contributed by atoms with Crippen molar-refractivity contribution < 1.29 is 9.53 Å². The summed E-state index contributed by atoms with van der Waals surface area (Å²) in [5, 5.41) is 1.31. The van der Waals surface area contributed by atoms with Crippen LogP contribution in [0.1, 0.15) is 37.8 Å². The van der Waals surface area contributed by atoms with Gasteiger partial charge in [-0.15, -0.1) is 0 Å². The van der Waals surface area contributed by atoms with Crippen molar-refractivity contribution in [2.75, 3.05) is 7.11 Å². The van der Waals surface area contributed by atoms with Crippen LogP contribution in [0.25, 0.3) is 10.9 Å². The van der Waals surface area contributed by atoms with Crippen molar-refractivity contribution in [1.29, 1.82) is 0 Å². The monoisotopic (exact) mass is 379 g/mol. The Hall–Kier alpha value is -2.33. The molecule has 0 fully saturated rings. The van der Waals surface area contributed by atoms with Crippen molar-refractivity contribution in [2.45, 2.75) is 44.8 Å². The van der Waals surface area contributed by atoms with Gasteiger partial charge < -0.3 is 8.97 Å². The Kier molecular flexibility index (Phi) is 5.04. The van der Waals surface area contributed by atoms with E-state index < -0.39 is 14.2 Å². The molecule has 0 bridgehead atoms. The van der Waals surface area contributed by atoms with E-state index in [1.54, 1.807) is 0 Å². The highest BCUT2D eigenvalue weighted by molar-refractivity contribution is 6.79. The van der Waals surface area contributed by atoms with E-state index >= 15 is 0 Å². The van der Waals surface area contributed by atoms with Gasteiger partial charge in [-0.1, -0.05) is 82.4 Å². The molecule has 1 heterocycles. The Morgan fingerprint density at radius 3 is 2.19 bits per heavy atom. The first-order chi connectivity index (χ1) is 12.7. The van der Waals surface area contributed by atoms with Crippen molar-refractivity contribution in [3.8, 4) is 0 Å². The summed E-state index contributed by atoms with van der Waals surface area (Å²) in [7, 11) is -0.388. The molecule has 0 saturated carbocycles. The van der Waals surface area contributed by atoms with E-state index in [0.29, 0.717) is 0 Å². The van der Waals surface area contributed by atoms with Crippen molar-refractivity contribution in [1.82, 2.24) is 4.23 Å². The number of para-hydroxylation sites is 1. The normalized spacial score (nSPS) is 13.6. The maximum Gasteiger partial charge on any atom is 0.317 e. The zero-order chi connectivity index (χ0) is 19.8. The van der Waals surface area contributed by atoms with E-state index in [1.165, 1.54) is 12.6 Å². The highest BCUT2D eigenvalue weighted by Gasteiger charge is 2.39. The lowest BCUT2D eigenvalue weighted by Gasteiger charge is -2.38. The van der Waals surface area contributed by atoms with Crippen LogP contribution in [-0.4, -0.2) is 25.5 Å². The van der Waals surface area contributed by atoms with Gasteiger partial charge in [0, 0.05) is 17.1 Å². The fourth-order valence-corrected chi connectivity index (χ4v) is 5.45. The number of nitrogens with zero attached hydrogens (tertiary/aromatic N) is 1. The van der Waals surface area contributed by atoms with E-state index in [1.807, 2.05) is 36.4 Å². The maximum atomic E-state index is 12.8. The molecule has 0 N–H and O–H groups in total. The molecule has 0 aliphatic carbocycles. The Labute approximate surface area is 163 Å². The van der Waals surface area contributed by atoms with Crippen LogP contribution in [0.4, 0.5) is 0 Å². The van der Waals surface area contributed by atoms with Crippen LogP contribution < -0.4 is 0 Å². The molecule has 0 aliphatic rings. The second-order valence-corrected chi connectivity index (χ2v) is 13.7. The number of carbonyl (C=O) groups excluding carboxylic acids is 1. The number of carbonyl (C=O) groups is 1. The smallest absolute Gasteiger partial charge is 0.317 e. The van der Waals surface area contributed by atoms with Gasteiger partial charge in [0.2, 0.25) is 0 Å². The minimum atomic E-state index is -1.85. The Bertz CT molecular complexity index is 951. The summed E-state index contributed by atoms with van der Waals surface area (Å²) in [4.78, 5) is 12.8. The fourth-order valence-electron chi connectivity index (χ4n) is 3.47. The summed E-state index contributed by atoms with van der Waals surface area (Å²) >= 11 is 0. The molecule has 0 saturated heterocycles. The van der Waals surface area contributed by atoms with Crippen molar-refractivity contribution in [3.63, 3.8) is 0 Å². The van der Waals surface area contributed by atoms with Gasteiger partial charge in [-0.25, -0.2) is 0 Å². The van der Waals surface area contributed by atoms with Gasteiger partial charge in [0.15, 0.2) is 8.24 Å². The Morgan fingerprint density at radius 2 is 1.59 bits per heavy atom. The molecule has 2 aromatic carbocycles. The number of aromatic nitrogens is 1. The zero-order valence-corrected chi connectivity index (χ0v) is 18.1. The van der Waals surface area contributed by atoms with Gasteiger partial charge in [0.25, 0.3) is 0 Å². The molecule has 3 aromatic rings. The molecule has 4 heteroatoms. The Morgan fingerprint density at radius 1 is 1.00 bits per heavy atom. The zero-order valence-electron chi connectivity index (χ0n) is 17.1. The fraction of sp³-hybridized carbons (Fsp3) is 0.348. The third-order valence-corrected chi connectivity index (χ3v) is 11.3. The minimum absolute atomic E-state index is 0.180. The number of esters is 1. The number of hydrogen-bond acceptors (Lipinski definition) is 2. The maximum absolute atomic E-state index is 12.8. The molecule has 1 unspecified atom stereocenters. The molecule has 0 spiro atoms. The first kappa shape index (κ1) is 19.4. The number of hydrogen-bond donors (Lipinski definition) is 0. The first-order valence-electron chi connectivity index (χ1n) is 9.41. The molecule has 27 heavy (non-hydrogen) atoms. The average Bonchev–Trinajstić information content (AvgIpc) is 3.02. The number of benzene rings is 2. The van der Waals surface area contributed by atoms with Crippen LogP contribution >= 0.6 is 0 Å². The van der Waals surface area contributed by atoms with Crippen molar-refractivity contribution in [2.24, 2.45) is 0 Å². The molecular formula is C23H29NO2Si. The average molecular weight is 380 g/mol. The van der Waals surface area contributed by atoms with Crippen LogP contribution in [0.3, 0.4) is 0 Å². The van der Waals surface area contributed by atoms with E-state index in [4.69, 9.17) is 4.74 Å². The van der Waals surface area contributed by atoms with Gasteiger partial charge >= 0.3 is 5.97 Å². The Balaban J connectivity index is 2.30. The first-order valence-corrected chi connectivity index (χ1v) is 12.4. The highest BCUT2D eigenvalue weighted by Crippen LogP contribution is 2.41. The third-order valence-electron chi connectivity index (χ3n) is 6.06. The van der Waals surface area contributed by atoms with E-state index in [0.717, 1.165) is 16.5 Å². The summed E-state index contributed by atoms with van der Waals surface area (Å²) < 4.78 is 7.65. The quantitative estimate of drug-likeness (QED) is 0.424. The predicted octanol–water partition coefficient (Wildman–Crippen LogP) is 5.80. The molecule has 0 radical (unpaired) electrons. The van der Waals surface area contributed by atoms with Crippen LogP contribution in [-0.2, 0) is 9.53 Å². The van der Waals surface area contributed by atoms with Crippen molar-refractivity contribution in [3.05, 3.63) is 71.9 Å². The van der Waals surface area contributed by atoms with Crippen molar-refractivity contribution >= 4 is 25.1 Å². The second kappa shape index (κ2) is 7.00. The van der Waals surface area contributed by atoms with Gasteiger partial charge in [0.1, 0.15) is 5.92 Å². The molecule has 3 nitrogen and oxygen atoms in total.